The lowest BCUT2D eigenvalue weighted by Gasteiger charge is -2.39. The van der Waals surface area contributed by atoms with Gasteiger partial charge in [0.15, 0.2) is 0 Å². The Kier molecular flexibility index (Phi) is 5.23. The maximum absolute atomic E-state index is 12.9. The van der Waals surface area contributed by atoms with Gasteiger partial charge in [-0.2, -0.15) is 16.4 Å². The van der Waals surface area contributed by atoms with Gasteiger partial charge in [-0.15, -0.1) is 11.8 Å². The summed E-state index contributed by atoms with van der Waals surface area (Å²) in [6, 6.07) is 11.5. The van der Waals surface area contributed by atoms with Crippen molar-refractivity contribution in [3.8, 4) is 11.3 Å². The van der Waals surface area contributed by atoms with Crippen LogP contribution in [0.25, 0.3) is 11.3 Å². The summed E-state index contributed by atoms with van der Waals surface area (Å²) in [7, 11) is 0. The lowest BCUT2D eigenvalue weighted by atomic mass is 10.1. The molecule has 0 aliphatic carbocycles. The highest BCUT2D eigenvalue weighted by molar-refractivity contribution is 7.98. The Bertz CT molecular complexity index is 999. The number of carbonyl (C=O) groups excluding carboxylic acids is 2. The van der Waals surface area contributed by atoms with Crippen molar-refractivity contribution in [3.63, 3.8) is 0 Å². The Labute approximate surface area is 171 Å². The molecule has 1 atom stereocenters. The number of hydrogen-bond acceptors (Lipinski definition) is 5. The van der Waals surface area contributed by atoms with Crippen molar-refractivity contribution < 1.29 is 9.59 Å². The molecule has 0 saturated carbocycles. The molecule has 1 N–H and O–H groups in total. The smallest absolute Gasteiger partial charge is 0.272 e. The zero-order valence-electron chi connectivity index (χ0n) is 15.6. The summed E-state index contributed by atoms with van der Waals surface area (Å²) in [4.78, 5) is 30.3. The number of anilines is 1. The van der Waals surface area contributed by atoms with E-state index >= 15 is 0 Å². The number of aromatic nitrogens is 2. The van der Waals surface area contributed by atoms with E-state index in [1.54, 1.807) is 39.0 Å². The quantitative estimate of drug-likeness (QED) is 0.663. The fraction of sp³-hybridized carbons (Fsp3) is 0.250. The van der Waals surface area contributed by atoms with Crippen LogP contribution in [0, 0.1) is 0 Å². The first-order valence-corrected chi connectivity index (χ1v) is 11.1. The van der Waals surface area contributed by atoms with Gasteiger partial charge in [0.05, 0.1) is 17.4 Å². The van der Waals surface area contributed by atoms with Crippen molar-refractivity contribution in [2.45, 2.75) is 17.9 Å². The zero-order chi connectivity index (χ0) is 19.7. The summed E-state index contributed by atoms with van der Waals surface area (Å²) in [5.41, 5.74) is 3.01. The molecule has 3 heterocycles. The van der Waals surface area contributed by atoms with Crippen LogP contribution in [0.3, 0.4) is 0 Å². The third kappa shape index (κ3) is 3.45. The first-order chi connectivity index (χ1) is 13.6. The van der Waals surface area contributed by atoms with Crippen LogP contribution in [0.1, 0.15) is 17.4 Å². The highest BCUT2D eigenvalue weighted by Crippen LogP contribution is 2.31. The summed E-state index contributed by atoms with van der Waals surface area (Å²) in [6.45, 7) is 2.50. The van der Waals surface area contributed by atoms with Crippen LogP contribution in [-0.4, -0.2) is 52.3 Å². The van der Waals surface area contributed by atoms with Crippen molar-refractivity contribution in [2.75, 3.05) is 24.2 Å². The molecule has 8 heteroatoms. The second kappa shape index (κ2) is 7.81. The van der Waals surface area contributed by atoms with Crippen LogP contribution < -0.4 is 4.90 Å². The van der Waals surface area contributed by atoms with Gasteiger partial charge in [0, 0.05) is 22.4 Å². The number of nitrogens with zero attached hydrogens (tertiary/aromatic N) is 3. The van der Waals surface area contributed by atoms with Gasteiger partial charge in [-0.25, -0.2) is 0 Å². The first kappa shape index (κ1) is 18.8. The van der Waals surface area contributed by atoms with E-state index in [0.717, 1.165) is 21.8 Å². The van der Waals surface area contributed by atoms with Crippen molar-refractivity contribution >= 4 is 40.6 Å². The van der Waals surface area contributed by atoms with Crippen molar-refractivity contribution in [1.82, 2.24) is 15.1 Å². The monoisotopic (exact) mass is 412 g/mol. The van der Waals surface area contributed by atoms with E-state index in [4.69, 9.17) is 0 Å². The fourth-order valence-electron chi connectivity index (χ4n) is 3.47. The summed E-state index contributed by atoms with van der Waals surface area (Å²) in [6.07, 6.45) is 2.00. The molecule has 4 rings (SSSR count). The van der Waals surface area contributed by atoms with Crippen LogP contribution >= 0.6 is 23.1 Å². The van der Waals surface area contributed by atoms with E-state index in [9.17, 15) is 9.59 Å². The predicted molar refractivity (Wildman–Crippen MR) is 113 cm³/mol. The normalized spacial score (nSPS) is 17.2. The van der Waals surface area contributed by atoms with Gasteiger partial charge in [0.1, 0.15) is 12.2 Å². The summed E-state index contributed by atoms with van der Waals surface area (Å²) < 4.78 is 0. The van der Waals surface area contributed by atoms with Gasteiger partial charge >= 0.3 is 0 Å². The molecule has 0 bridgehead atoms. The molecule has 1 unspecified atom stereocenters. The number of carbonyl (C=O) groups is 2. The first-order valence-electron chi connectivity index (χ1n) is 8.91. The molecule has 1 saturated heterocycles. The molecule has 144 valence electrons. The molecule has 1 fully saturated rings. The SMILES string of the molecule is CSc1ccccc1N1C(=O)CN(C(=O)c2cc(-c3ccsc3)n[nH]2)CC1C. The van der Waals surface area contributed by atoms with Gasteiger partial charge in [0.2, 0.25) is 5.91 Å². The van der Waals surface area contributed by atoms with Gasteiger partial charge in [-0.05, 0) is 42.8 Å². The van der Waals surface area contributed by atoms with E-state index in [-0.39, 0.29) is 24.4 Å². The van der Waals surface area contributed by atoms with E-state index < -0.39 is 0 Å². The van der Waals surface area contributed by atoms with Crippen LogP contribution in [0.5, 0.6) is 0 Å². The largest absolute Gasteiger partial charge is 0.326 e. The molecule has 3 aromatic rings. The third-order valence-corrected chi connectivity index (χ3v) is 6.25. The number of amides is 2. The molecule has 1 aliphatic heterocycles. The number of hydrogen-bond donors (Lipinski definition) is 1. The molecule has 2 amide bonds. The van der Waals surface area contributed by atoms with Crippen molar-refractivity contribution in [3.05, 3.63) is 52.9 Å². The minimum absolute atomic E-state index is 0.0543. The molecule has 0 spiro atoms. The number of benzene rings is 1. The van der Waals surface area contributed by atoms with Crippen molar-refractivity contribution in [1.29, 1.82) is 0 Å². The highest BCUT2D eigenvalue weighted by Gasteiger charge is 2.35. The molecule has 1 aromatic carbocycles. The van der Waals surface area contributed by atoms with Gasteiger partial charge in [0.25, 0.3) is 5.91 Å². The summed E-state index contributed by atoms with van der Waals surface area (Å²) in [5, 5.41) is 11.0. The van der Waals surface area contributed by atoms with Gasteiger partial charge < -0.3 is 9.80 Å². The fourth-order valence-corrected chi connectivity index (χ4v) is 4.71. The number of thioether (sulfide) groups is 1. The van der Waals surface area contributed by atoms with Crippen LogP contribution in [0.4, 0.5) is 5.69 Å². The third-order valence-electron chi connectivity index (χ3n) is 4.78. The van der Waals surface area contributed by atoms with E-state index in [1.807, 2.05) is 54.3 Å². The lowest BCUT2D eigenvalue weighted by molar-refractivity contribution is -0.121. The Morgan fingerprint density at radius 2 is 2.14 bits per heavy atom. The Balaban J connectivity index is 1.53. The number of piperazine rings is 1. The Hall–Kier alpha value is -2.58. The summed E-state index contributed by atoms with van der Waals surface area (Å²) >= 11 is 3.19. The maximum atomic E-state index is 12.9. The number of aromatic amines is 1. The van der Waals surface area contributed by atoms with Gasteiger partial charge in [-0.1, -0.05) is 12.1 Å². The predicted octanol–water partition coefficient (Wildman–Crippen LogP) is 3.74. The minimum Gasteiger partial charge on any atom is -0.326 e. The minimum atomic E-state index is -0.202. The second-order valence-electron chi connectivity index (χ2n) is 6.65. The maximum Gasteiger partial charge on any atom is 0.272 e. The van der Waals surface area contributed by atoms with Gasteiger partial charge in [-0.3, -0.25) is 14.7 Å². The summed E-state index contributed by atoms with van der Waals surface area (Å²) in [5.74, 6) is -0.279. The number of para-hydroxylation sites is 1. The average molecular weight is 413 g/mol. The zero-order valence-corrected chi connectivity index (χ0v) is 17.2. The highest BCUT2D eigenvalue weighted by atomic mass is 32.2. The molecule has 0 radical (unpaired) electrons. The lowest BCUT2D eigenvalue weighted by Crippen LogP contribution is -2.57. The van der Waals surface area contributed by atoms with E-state index in [1.165, 1.54) is 0 Å². The molecular weight excluding hydrogens is 392 g/mol. The number of nitrogens with one attached hydrogen (secondary N) is 1. The number of rotatable bonds is 4. The standard InChI is InChI=1S/C20H20N4O2S2/c1-13-10-23(11-19(25)24(13)17-5-3-4-6-18(17)27-2)20(26)16-9-15(21-22-16)14-7-8-28-12-14/h3-9,12-13H,10-11H2,1-2H3,(H,21,22). The molecule has 1 aliphatic rings. The average Bonchev–Trinajstić information content (AvgIpc) is 3.39. The number of thiophene rings is 1. The van der Waals surface area contributed by atoms with Crippen LogP contribution in [0.2, 0.25) is 0 Å². The topological polar surface area (TPSA) is 69.3 Å². The molecule has 28 heavy (non-hydrogen) atoms. The Morgan fingerprint density at radius 3 is 2.86 bits per heavy atom. The Morgan fingerprint density at radius 1 is 1.32 bits per heavy atom. The van der Waals surface area contributed by atoms with Crippen LogP contribution in [-0.2, 0) is 4.79 Å². The second-order valence-corrected chi connectivity index (χ2v) is 8.28. The van der Waals surface area contributed by atoms with E-state index in [0.29, 0.717) is 12.2 Å². The van der Waals surface area contributed by atoms with Crippen LogP contribution in [0.15, 0.2) is 52.1 Å². The van der Waals surface area contributed by atoms with Crippen molar-refractivity contribution in [2.24, 2.45) is 0 Å². The molecule has 6 nitrogen and oxygen atoms in total. The molecular formula is C20H20N4O2S2. The molecule has 2 aromatic heterocycles. The van der Waals surface area contributed by atoms with E-state index in [2.05, 4.69) is 10.2 Å². The number of H-pyrrole nitrogens is 1.